The summed E-state index contributed by atoms with van der Waals surface area (Å²) in [5.74, 6) is 0.338. The third-order valence-electron chi connectivity index (χ3n) is 9.24. The highest BCUT2D eigenvalue weighted by molar-refractivity contribution is 7.92. The maximum atomic E-state index is 14.0. The van der Waals surface area contributed by atoms with Crippen molar-refractivity contribution in [2.45, 2.75) is 70.1 Å². The average Bonchev–Trinajstić information content (AvgIpc) is 3.33. The van der Waals surface area contributed by atoms with Crippen molar-refractivity contribution in [2.24, 2.45) is 5.92 Å². The molecule has 0 radical (unpaired) electrons. The van der Waals surface area contributed by atoms with E-state index in [1.165, 1.54) is 10.6 Å². The van der Waals surface area contributed by atoms with Gasteiger partial charge in [-0.3, -0.25) is 9.10 Å². The van der Waals surface area contributed by atoms with Crippen LogP contribution in [0.2, 0.25) is 0 Å². The van der Waals surface area contributed by atoms with Gasteiger partial charge in [0.05, 0.1) is 25.2 Å². The number of nitrogens with one attached hydrogen (secondary N) is 1. The molecule has 1 spiro atoms. The van der Waals surface area contributed by atoms with Crippen molar-refractivity contribution >= 4 is 27.7 Å². The van der Waals surface area contributed by atoms with Crippen LogP contribution in [-0.2, 0) is 36.3 Å². The van der Waals surface area contributed by atoms with Crippen LogP contribution in [0.5, 0.6) is 0 Å². The highest BCUT2D eigenvalue weighted by atomic mass is 32.2. The van der Waals surface area contributed by atoms with Crippen LogP contribution in [0, 0.1) is 5.92 Å². The Morgan fingerprint density at radius 2 is 1.60 bits per heavy atom. The zero-order valence-electron chi connectivity index (χ0n) is 27.0. The Morgan fingerprint density at radius 3 is 2.24 bits per heavy atom. The molecule has 0 aliphatic carbocycles. The molecule has 10 nitrogen and oxygen atoms in total. The molecule has 1 atom stereocenters. The summed E-state index contributed by atoms with van der Waals surface area (Å²) in [5, 5.41) is 3.52. The molecule has 11 heteroatoms. The predicted molar refractivity (Wildman–Crippen MR) is 175 cm³/mol. The van der Waals surface area contributed by atoms with Crippen molar-refractivity contribution in [1.82, 2.24) is 15.1 Å². The number of benzene rings is 2. The highest BCUT2D eigenvalue weighted by Gasteiger charge is 2.47. The van der Waals surface area contributed by atoms with Gasteiger partial charge in [0, 0.05) is 38.1 Å². The van der Waals surface area contributed by atoms with E-state index in [2.05, 4.69) is 5.32 Å². The quantitative estimate of drug-likeness (QED) is 0.439. The van der Waals surface area contributed by atoms with E-state index in [1.54, 1.807) is 4.90 Å². The van der Waals surface area contributed by atoms with Crippen LogP contribution >= 0.6 is 0 Å². The van der Waals surface area contributed by atoms with Crippen LogP contribution in [0.15, 0.2) is 54.6 Å². The van der Waals surface area contributed by atoms with E-state index < -0.39 is 21.7 Å². The molecule has 2 aromatic rings. The minimum atomic E-state index is -3.40. The number of sulfonamides is 1. The minimum absolute atomic E-state index is 0.00959. The fourth-order valence-corrected chi connectivity index (χ4v) is 7.72. The summed E-state index contributed by atoms with van der Waals surface area (Å²) in [5.41, 5.74) is 2.04. The number of carbonyl (C=O) groups excluding carboxylic acids is 2. The van der Waals surface area contributed by atoms with E-state index in [0.29, 0.717) is 64.6 Å². The molecule has 5 rings (SSSR count). The summed E-state index contributed by atoms with van der Waals surface area (Å²) >= 11 is 0. The van der Waals surface area contributed by atoms with E-state index in [-0.39, 0.29) is 24.0 Å². The van der Waals surface area contributed by atoms with Gasteiger partial charge in [-0.1, -0.05) is 48.5 Å². The maximum Gasteiger partial charge on any atom is 0.410 e. The second kappa shape index (κ2) is 13.7. The van der Waals surface area contributed by atoms with Gasteiger partial charge in [0.1, 0.15) is 11.6 Å². The second-order valence-corrected chi connectivity index (χ2v) is 15.7. The first-order valence-electron chi connectivity index (χ1n) is 16.0. The minimum Gasteiger partial charge on any atom is -0.444 e. The van der Waals surface area contributed by atoms with Gasteiger partial charge in [-0.15, -0.1) is 0 Å². The summed E-state index contributed by atoms with van der Waals surface area (Å²) in [6, 6.07) is 17.2. The average molecular weight is 641 g/mol. The van der Waals surface area contributed by atoms with E-state index in [4.69, 9.17) is 9.47 Å². The molecule has 1 N–H and O–H groups in total. The van der Waals surface area contributed by atoms with Crippen molar-refractivity contribution in [2.75, 3.05) is 56.4 Å². The molecule has 2 amide bonds. The number of fused-ring (bicyclic) bond motifs is 2. The molecule has 3 aliphatic heterocycles. The van der Waals surface area contributed by atoms with Crippen molar-refractivity contribution < 1.29 is 27.5 Å². The smallest absolute Gasteiger partial charge is 0.410 e. The molecule has 3 heterocycles. The highest BCUT2D eigenvalue weighted by Crippen LogP contribution is 2.47. The van der Waals surface area contributed by atoms with Crippen molar-refractivity contribution in [3.63, 3.8) is 0 Å². The molecule has 0 bridgehead atoms. The first kappa shape index (κ1) is 33.2. The number of amides is 2. The van der Waals surface area contributed by atoms with E-state index >= 15 is 0 Å². The van der Waals surface area contributed by atoms with Crippen LogP contribution in [0.3, 0.4) is 0 Å². The maximum absolute atomic E-state index is 14.0. The van der Waals surface area contributed by atoms with Gasteiger partial charge in [0.2, 0.25) is 15.9 Å². The number of piperidine rings is 2. The molecular formula is C34H48N4O6S. The summed E-state index contributed by atoms with van der Waals surface area (Å²) in [7, 11) is -3.40. The fourth-order valence-electron chi connectivity index (χ4n) is 6.73. The van der Waals surface area contributed by atoms with E-state index in [1.807, 2.05) is 80.3 Å². The number of rotatable bonds is 9. The molecule has 246 valence electrons. The lowest BCUT2D eigenvalue weighted by molar-refractivity contribution is -0.137. The monoisotopic (exact) mass is 640 g/mol. The lowest BCUT2D eigenvalue weighted by atomic mass is 9.74. The molecule has 0 aromatic heterocycles. The standard InChI is InChI=1S/C34H48N4O6S/c1-33(2,3)44-32(40)37-18-14-26(15-19-37)22-35-29(24-43-23-27-10-6-5-7-11-27)31(39)36-20-16-34(17-21-36)25-38(45(4,41)42)30-13-9-8-12-28(30)34/h5-13,26,29,35H,14-25H2,1-4H3. The Labute approximate surface area is 268 Å². The Kier molecular flexibility index (Phi) is 10.1. The van der Waals surface area contributed by atoms with Gasteiger partial charge in [-0.25, -0.2) is 13.2 Å². The number of nitrogens with zero attached hydrogens (tertiary/aromatic N) is 3. The van der Waals surface area contributed by atoms with E-state index in [0.717, 1.165) is 29.7 Å². The third-order valence-corrected chi connectivity index (χ3v) is 10.4. The predicted octanol–water partition coefficient (Wildman–Crippen LogP) is 4.15. The topological polar surface area (TPSA) is 108 Å². The van der Waals surface area contributed by atoms with Crippen LogP contribution in [0.4, 0.5) is 10.5 Å². The van der Waals surface area contributed by atoms with Gasteiger partial charge < -0.3 is 24.6 Å². The summed E-state index contributed by atoms with van der Waals surface area (Å²) in [6.07, 6.45) is 4.05. The van der Waals surface area contributed by atoms with Crippen LogP contribution in [-0.4, -0.2) is 94.0 Å². The van der Waals surface area contributed by atoms with Crippen molar-refractivity contribution in [1.29, 1.82) is 0 Å². The number of hydrogen-bond donors (Lipinski definition) is 1. The molecule has 0 saturated carbocycles. The Morgan fingerprint density at radius 1 is 0.956 bits per heavy atom. The van der Waals surface area contributed by atoms with Crippen molar-refractivity contribution in [3.8, 4) is 0 Å². The van der Waals surface area contributed by atoms with E-state index in [9.17, 15) is 18.0 Å². The molecule has 2 saturated heterocycles. The number of anilines is 1. The zero-order chi connectivity index (χ0) is 32.2. The normalized spacial score (nSPS) is 19.4. The number of hydrogen-bond acceptors (Lipinski definition) is 7. The van der Waals surface area contributed by atoms with Crippen molar-refractivity contribution in [3.05, 3.63) is 65.7 Å². The van der Waals surface area contributed by atoms with Crippen LogP contribution in [0.25, 0.3) is 0 Å². The molecule has 3 aliphatic rings. The zero-order valence-corrected chi connectivity index (χ0v) is 27.9. The summed E-state index contributed by atoms with van der Waals surface area (Å²) in [6.45, 7) is 9.71. The Balaban J connectivity index is 1.20. The number of para-hydroxylation sites is 1. The van der Waals surface area contributed by atoms with Gasteiger partial charge in [-0.05, 0) is 76.1 Å². The first-order valence-corrected chi connectivity index (χ1v) is 17.9. The molecule has 2 aromatic carbocycles. The fraction of sp³-hybridized carbons (Fsp3) is 0.588. The second-order valence-electron chi connectivity index (χ2n) is 13.8. The number of likely N-dealkylation sites (tertiary alicyclic amines) is 2. The number of ether oxygens (including phenoxy) is 2. The molecular weight excluding hydrogens is 592 g/mol. The van der Waals surface area contributed by atoms with Gasteiger partial charge in [-0.2, -0.15) is 0 Å². The summed E-state index contributed by atoms with van der Waals surface area (Å²) < 4.78 is 38.3. The third kappa shape index (κ3) is 8.17. The molecule has 45 heavy (non-hydrogen) atoms. The SMILES string of the molecule is CC(C)(C)OC(=O)N1CCC(CNC(COCc2ccccc2)C(=O)N2CCC3(CC2)CN(S(C)(=O)=O)c2ccccc23)CC1. The van der Waals surface area contributed by atoms with Crippen LogP contribution < -0.4 is 9.62 Å². The Bertz CT molecular complexity index is 1430. The molecule has 2 fully saturated rings. The van der Waals surface area contributed by atoms with Crippen LogP contribution in [0.1, 0.15) is 57.6 Å². The lowest BCUT2D eigenvalue weighted by Crippen LogP contribution is -2.55. The largest absolute Gasteiger partial charge is 0.444 e. The Hall–Kier alpha value is -3.15. The molecule has 1 unspecified atom stereocenters. The first-order chi connectivity index (χ1) is 21.3. The van der Waals surface area contributed by atoms with Gasteiger partial charge in [0.15, 0.2) is 0 Å². The lowest BCUT2D eigenvalue weighted by Gasteiger charge is -2.41. The van der Waals surface area contributed by atoms with Gasteiger partial charge in [0.25, 0.3) is 0 Å². The summed E-state index contributed by atoms with van der Waals surface area (Å²) in [4.78, 5) is 30.1. The number of carbonyl (C=O) groups is 2. The van der Waals surface area contributed by atoms with Gasteiger partial charge >= 0.3 is 6.09 Å².